The molecule has 0 bridgehead atoms. The van der Waals surface area contributed by atoms with Crippen LogP contribution in [0.4, 0.5) is 8.78 Å². The Bertz CT molecular complexity index is 1010. The minimum Gasteiger partial charge on any atom is -0.369 e. The zero-order chi connectivity index (χ0) is 21.9. The number of hydrogen-bond donors (Lipinski definition) is 2. The number of alkyl halides is 2. The number of benzene rings is 2. The van der Waals surface area contributed by atoms with Crippen molar-refractivity contribution in [1.82, 2.24) is 4.72 Å². The van der Waals surface area contributed by atoms with Gasteiger partial charge in [0.15, 0.2) is 0 Å². The van der Waals surface area contributed by atoms with Gasteiger partial charge in [0.05, 0.1) is 12.2 Å². The van der Waals surface area contributed by atoms with Crippen LogP contribution >= 0.6 is 0 Å². The third kappa shape index (κ3) is 5.64. The van der Waals surface area contributed by atoms with Crippen molar-refractivity contribution in [3.05, 3.63) is 59.7 Å². The normalized spacial score (nSPS) is 21.3. The van der Waals surface area contributed by atoms with E-state index in [1.165, 1.54) is 0 Å². The van der Waals surface area contributed by atoms with E-state index in [1.54, 1.807) is 0 Å². The molecular formula is C22H26F2N2O3S. The Labute approximate surface area is 175 Å². The SMILES string of the molecule is CS(=O)(=O)NCCc1ccc(-c2ccccc2C2CCC(F)(F)CC2C(N)=O)cc1. The Morgan fingerprint density at radius 2 is 1.83 bits per heavy atom. The second-order valence-electron chi connectivity index (χ2n) is 7.91. The van der Waals surface area contributed by atoms with Gasteiger partial charge in [-0.1, -0.05) is 48.5 Å². The summed E-state index contributed by atoms with van der Waals surface area (Å²) in [5.41, 5.74) is 9.10. The van der Waals surface area contributed by atoms with Gasteiger partial charge in [0.2, 0.25) is 21.9 Å². The lowest BCUT2D eigenvalue weighted by molar-refractivity contribution is -0.130. The lowest BCUT2D eigenvalue weighted by Gasteiger charge is -2.35. The highest BCUT2D eigenvalue weighted by atomic mass is 32.2. The summed E-state index contributed by atoms with van der Waals surface area (Å²) in [6, 6.07) is 15.2. The van der Waals surface area contributed by atoms with E-state index in [1.807, 2.05) is 48.5 Å². The van der Waals surface area contributed by atoms with Crippen LogP contribution in [0.3, 0.4) is 0 Å². The zero-order valence-corrected chi connectivity index (χ0v) is 17.6. The summed E-state index contributed by atoms with van der Waals surface area (Å²) in [7, 11) is -3.23. The van der Waals surface area contributed by atoms with E-state index in [0.717, 1.165) is 28.5 Å². The Morgan fingerprint density at radius 3 is 2.47 bits per heavy atom. The van der Waals surface area contributed by atoms with E-state index in [2.05, 4.69) is 4.72 Å². The number of primary amides is 1. The third-order valence-corrected chi connectivity index (χ3v) is 6.32. The van der Waals surface area contributed by atoms with Gasteiger partial charge in [-0.05, 0) is 41.0 Å². The number of halogens is 2. The van der Waals surface area contributed by atoms with Gasteiger partial charge in [0.1, 0.15) is 0 Å². The maximum atomic E-state index is 13.9. The quantitative estimate of drug-likeness (QED) is 0.697. The fraction of sp³-hybridized carbons (Fsp3) is 0.409. The van der Waals surface area contributed by atoms with Gasteiger partial charge < -0.3 is 5.73 Å². The fourth-order valence-corrected chi connectivity index (χ4v) is 4.59. The summed E-state index contributed by atoms with van der Waals surface area (Å²) in [6.45, 7) is 0.311. The molecule has 3 rings (SSSR count). The monoisotopic (exact) mass is 436 g/mol. The van der Waals surface area contributed by atoms with E-state index in [-0.39, 0.29) is 18.8 Å². The molecule has 0 saturated heterocycles. The first-order chi connectivity index (χ1) is 14.1. The topological polar surface area (TPSA) is 89.3 Å². The molecule has 8 heteroatoms. The second kappa shape index (κ2) is 8.81. The summed E-state index contributed by atoms with van der Waals surface area (Å²) in [6.07, 6.45) is 1.09. The Hall–Kier alpha value is -2.32. The highest BCUT2D eigenvalue weighted by molar-refractivity contribution is 7.88. The number of carbonyl (C=O) groups excluding carboxylic acids is 1. The van der Waals surface area contributed by atoms with Crippen LogP contribution < -0.4 is 10.5 Å². The largest absolute Gasteiger partial charge is 0.369 e. The van der Waals surface area contributed by atoms with Crippen LogP contribution in [0.1, 0.15) is 36.3 Å². The Kier molecular flexibility index (Phi) is 6.57. The molecule has 2 unspecified atom stereocenters. The van der Waals surface area contributed by atoms with Gasteiger partial charge >= 0.3 is 0 Å². The molecule has 2 atom stereocenters. The molecule has 1 fully saturated rings. The maximum Gasteiger partial charge on any atom is 0.249 e. The number of rotatable bonds is 7. The summed E-state index contributed by atoms with van der Waals surface area (Å²) < 4.78 is 52.6. The number of sulfonamides is 1. The van der Waals surface area contributed by atoms with Crippen LogP contribution in [0, 0.1) is 5.92 Å². The van der Waals surface area contributed by atoms with Gasteiger partial charge in [-0.3, -0.25) is 4.79 Å². The first kappa shape index (κ1) is 22.4. The molecule has 2 aromatic carbocycles. The van der Waals surface area contributed by atoms with Crippen LogP contribution in [-0.4, -0.2) is 33.0 Å². The van der Waals surface area contributed by atoms with Gasteiger partial charge in [-0.2, -0.15) is 0 Å². The Morgan fingerprint density at radius 1 is 1.17 bits per heavy atom. The molecule has 5 nitrogen and oxygen atoms in total. The summed E-state index contributed by atoms with van der Waals surface area (Å²) in [5.74, 6) is -4.82. The number of nitrogens with one attached hydrogen (secondary N) is 1. The Balaban J connectivity index is 1.84. The van der Waals surface area contributed by atoms with E-state index in [9.17, 15) is 22.0 Å². The van der Waals surface area contributed by atoms with E-state index in [4.69, 9.17) is 5.73 Å². The molecule has 3 N–H and O–H groups in total. The number of hydrogen-bond acceptors (Lipinski definition) is 3. The molecule has 0 radical (unpaired) electrons. The lowest BCUT2D eigenvalue weighted by Crippen LogP contribution is -2.39. The molecule has 0 aromatic heterocycles. The molecule has 0 spiro atoms. The van der Waals surface area contributed by atoms with Crippen LogP contribution in [0.2, 0.25) is 0 Å². The van der Waals surface area contributed by atoms with E-state index >= 15 is 0 Å². The standard InChI is InChI=1S/C22H26F2N2O3S/c1-30(28,29)26-13-11-15-6-8-16(9-7-15)17-4-2-3-5-18(17)19-10-12-22(23,24)14-20(19)21(25)27/h2-9,19-20,26H,10-14H2,1H3,(H2,25,27). The van der Waals surface area contributed by atoms with Crippen LogP contribution in [0.15, 0.2) is 48.5 Å². The smallest absolute Gasteiger partial charge is 0.249 e. The molecule has 162 valence electrons. The predicted octanol–water partition coefficient (Wildman–Crippen LogP) is 3.45. The minimum atomic E-state index is -3.23. The van der Waals surface area contributed by atoms with Crippen LogP contribution in [0.25, 0.3) is 11.1 Å². The highest BCUT2D eigenvalue weighted by Gasteiger charge is 2.44. The maximum absolute atomic E-state index is 13.9. The average molecular weight is 437 g/mol. The predicted molar refractivity (Wildman–Crippen MR) is 113 cm³/mol. The van der Waals surface area contributed by atoms with Crippen LogP contribution in [-0.2, 0) is 21.2 Å². The van der Waals surface area contributed by atoms with Gasteiger partial charge in [-0.15, -0.1) is 0 Å². The van der Waals surface area contributed by atoms with Crippen molar-refractivity contribution in [3.63, 3.8) is 0 Å². The lowest BCUT2D eigenvalue weighted by atomic mass is 9.72. The van der Waals surface area contributed by atoms with Crippen LogP contribution in [0.5, 0.6) is 0 Å². The van der Waals surface area contributed by atoms with Gasteiger partial charge in [-0.25, -0.2) is 21.9 Å². The molecule has 1 saturated carbocycles. The zero-order valence-electron chi connectivity index (χ0n) is 16.8. The summed E-state index contributed by atoms with van der Waals surface area (Å²) >= 11 is 0. The first-order valence-electron chi connectivity index (χ1n) is 9.86. The third-order valence-electron chi connectivity index (χ3n) is 5.59. The molecule has 30 heavy (non-hydrogen) atoms. The molecule has 1 aliphatic rings. The fourth-order valence-electron chi connectivity index (χ4n) is 4.12. The van der Waals surface area contributed by atoms with E-state index < -0.39 is 34.2 Å². The van der Waals surface area contributed by atoms with Crippen molar-refractivity contribution in [3.8, 4) is 11.1 Å². The average Bonchev–Trinajstić information content (AvgIpc) is 2.67. The number of amides is 1. The van der Waals surface area contributed by atoms with Gasteiger partial charge in [0, 0.05) is 19.4 Å². The molecule has 1 amide bonds. The summed E-state index contributed by atoms with van der Waals surface area (Å²) in [4.78, 5) is 11.9. The van der Waals surface area contributed by atoms with Crippen molar-refractivity contribution >= 4 is 15.9 Å². The van der Waals surface area contributed by atoms with E-state index in [0.29, 0.717) is 13.0 Å². The van der Waals surface area contributed by atoms with Crippen molar-refractivity contribution in [1.29, 1.82) is 0 Å². The highest BCUT2D eigenvalue weighted by Crippen LogP contribution is 2.46. The second-order valence-corrected chi connectivity index (χ2v) is 9.75. The molecule has 2 aromatic rings. The van der Waals surface area contributed by atoms with Gasteiger partial charge in [0.25, 0.3) is 0 Å². The molecule has 1 aliphatic carbocycles. The molecule has 0 heterocycles. The van der Waals surface area contributed by atoms with Crippen molar-refractivity contribution < 1.29 is 22.0 Å². The molecule has 0 aliphatic heterocycles. The van der Waals surface area contributed by atoms with Crippen molar-refractivity contribution in [2.45, 2.75) is 37.5 Å². The number of nitrogens with two attached hydrogens (primary N) is 1. The minimum absolute atomic E-state index is 0.201. The summed E-state index contributed by atoms with van der Waals surface area (Å²) in [5, 5.41) is 0. The molecular weight excluding hydrogens is 410 g/mol. The first-order valence-corrected chi connectivity index (χ1v) is 11.7. The van der Waals surface area contributed by atoms with Crippen molar-refractivity contribution in [2.24, 2.45) is 11.7 Å². The number of carbonyl (C=O) groups is 1. The van der Waals surface area contributed by atoms with Crippen molar-refractivity contribution in [2.75, 3.05) is 12.8 Å².